The van der Waals surface area contributed by atoms with Crippen LogP contribution in [-0.2, 0) is 17.9 Å². The number of rotatable bonds is 6. The van der Waals surface area contributed by atoms with E-state index in [2.05, 4.69) is 26.4 Å². The highest BCUT2D eigenvalue weighted by molar-refractivity contribution is 5.54. The Morgan fingerprint density at radius 3 is 2.89 bits per heavy atom. The Morgan fingerprint density at radius 2 is 2.16 bits per heavy atom. The molecule has 2 rings (SSSR count). The first-order valence-corrected chi connectivity index (χ1v) is 6.47. The molecule has 0 aliphatic rings. The highest BCUT2D eigenvalue weighted by atomic mass is 16.5. The number of hydrogen-bond donors (Lipinski definition) is 1. The van der Waals surface area contributed by atoms with E-state index in [0.717, 1.165) is 24.5 Å². The quantitative estimate of drug-likeness (QED) is 0.858. The van der Waals surface area contributed by atoms with Crippen LogP contribution in [0.1, 0.15) is 26.1 Å². The van der Waals surface area contributed by atoms with Crippen LogP contribution in [0.2, 0.25) is 0 Å². The van der Waals surface area contributed by atoms with Gasteiger partial charge in [-0.15, -0.1) is 0 Å². The predicted molar refractivity (Wildman–Crippen MR) is 73.3 cm³/mol. The predicted octanol–water partition coefficient (Wildman–Crippen LogP) is 1.87. The summed E-state index contributed by atoms with van der Waals surface area (Å²) < 4.78 is 7.38. The molecule has 102 valence electrons. The SMILES string of the molecule is CCCn1ccnc1-c1cc(N)nc(COCC)n1. The molecule has 6 nitrogen and oxygen atoms in total. The van der Waals surface area contributed by atoms with Crippen molar-refractivity contribution in [3.05, 3.63) is 24.3 Å². The zero-order chi connectivity index (χ0) is 13.7. The minimum atomic E-state index is 0.364. The molecule has 0 aromatic carbocycles. The first-order chi connectivity index (χ1) is 9.24. The summed E-state index contributed by atoms with van der Waals surface area (Å²) in [5, 5.41) is 0. The van der Waals surface area contributed by atoms with Crippen molar-refractivity contribution in [2.24, 2.45) is 0 Å². The third kappa shape index (κ3) is 3.29. The third-order valence-electron chi connectivity index (χ3n) is 2.64. The molecule has 19 heavy (non-hydrogen) atoms. The van der Waals surface area contributed by atoms with Crippen LogP contribution in [0.5, 0.6) is 0 Å². The highest BCUT2D eigenvalue weighted by Crippen LogP contribution is 2.17. The minimum Gasteiger partial charge on any atom is -0.384 e. The lowest BCUT2D eigenvalue weighted by Gasteiger charge is -2.08. The van der Waals surface area contributed by atoms with Crippen molar-refractivity contribution in [1.29, 1.82) is 0 Å². The summed E-state index contributed by atoms with van der Waals surface area (Å²) >= 11 is 0. The maximum absolute atomic E-state index is 5.82. The molecule has 0 bridgehead atoms. The molecule has 2 aromatic heterocycles. The molecular formula is C13H19N5O. The first kappa shape index (κ1) is 13.5. The second-order valence-electron chi connectivity index (χ2n) is 4.18. The Kier molecular flexibility index (Phi) is 4.46. The van der Waals surface area contributed by atoms with Crippen molar-refractivity contribution in [1.82, 2.24) is 19.5 Å². The van der Waals surface area contributed by atoms with Gasteiger partial charge in [-0.25, -0.2) is 15.0 Å². The maximum Gasteiger partial charge on any atom is 0.158 e. The fraction of sp³-hybridized carbons (Fsp3) is 0.462. The topological polar surface area (TPSA) is 78.9 Å². The monoisotopic (exact) mass is 261 g/mol. The van der Waals surface area contributed by atoms with Crippen LogP contribution in [-0.4, -0.2) is 26.1 Å². The Morgan fingerprint density at radius 1 is 1.32 bits per heavy atom. The number of imidazole rings is 1. The second kappa shape index (κ2) is 6.29. The van der Waals surface area contributed by atoms with Crippen LogP contribution in [0.25, 0.3) is 11.5 Å². The van der Waals surface area contributed by atoms with E-state index in [1.165, 1.54) is 0 Å². The minimum absolute atomic E-state index is 0.364. The van der Waals surface area contributed by atoms with Crippen molar-refractivity contribution < 1.29 is 4.74 Å². The van der Waals surface area contributed by atoms with Gasteiger partial charge in [-0.05, 0) is 13.3 Å². The summed E-state index contributed by atoms with van der Waals surface area (Å²) in [5.41, 5.74) is 6.55. The molecule has 0 radical (unpaired) electrons. The molecule has 0 fully saturated rings. The Bertz CT molecular complexity index is 538. The normalized spacial score (nSPS) is 10.8. The van der Waals surface area contributed by atoms with Crippen molar-refractivity contribution in [2.45, 2.75) is 33.4 Å². The molecule has 0 amide bonds. The lowest BCUT2D eigenvalue weighted by Crippen LogP contribution is -2.06. The van der Waals surface area contributed by atoms with Crippen molar-refractivity contribution in [3.8, 4) is 11.5 Å². The van der Waals surface area contributed by atoms with Crippen LogP contribution in [0.15, 0.2) is 18.5 Å². The van der Waals surface area contributed by atoms with Crippen molar-refractivity contribution in [3.63, 3.8) is 0 Å². The molecule has 0 spiro atoms. The summed E-state index contributed by atoms with van der Waals surface area (Å²) in [6.07, 6.45) is 4.75. The van der Waals surface area contributed by atoms with Gasteiger partial charge in [0.2, 0.25) is 0 Å². The largest absolute Gasteiger partial charge is 0.384 e. The number of nitrogen functional groups attached to an aromatic ring is 1. The second-order valence-corrected chi connectivity index (χ2v) is 4.18. The average Bonchev–Trinajstić information content (AvgIpc) is 2.84. The van der Waals surface area contributed by atoms with E-state index in [1.54, 1.807) is 12.3 Å². The van der Waals surface area contributed by atoms with Crippen molar-refractivity contribution >= 4 is 5.82 Å². The molecule has 2 heterocycles. The average molecular weight is 261 g/mol. The van der Waals surface area contributed by atoms with Gasteiger partial charge in [-0.3, -0.25) is 0 Å². The fourth-order valence-electron chi connectivity index (χ4n) is 1.85. The number of hydrogen-bond acceptors (Lipinski definition) is 5. The van der Waals surface area contributed by atoms with Gasteiger partial charge < -0.3 is 15.0 Å². The van der Waals surface area contributed by atoms with Crippen LogP contribution in [0.4, 0.5) is 5.82 Å². The number of nitrogens with zero attached hydrogens (tertiary/aromatic N) is 4. The van der Waals surface area contributed by atoms with E-state index >= 15 is 0 Å². The first-order valence-electron chi connectivity index (χ1n) is 6.47. The van der Waals surface area contributed by atoms with E-state index in [1.807, 2.05) is 13.1 Å². The number of nitrogens with two attached hydrogens (primary N) is 1. The van der Waals surface area contributed by atoms with E-state index in [0.29, 0.717) is 24.9 Å². The molecule has 0 saturated carbocycles. The molecule has 0 aliphatic heterocycles. The smallest absolute Gasteiger partial charge is 0.158 e. The van der Waals surface area contributed by atoms with Crippen LogP contribution >= 0.6 is 0 Å². The molecule has 2 N–H and O–H groups in total. The van der Waals surface area contributed by atoms with Gasteiger partial charge in [0, 0.05) is 31.6 Å². The van der Waals surface area contributed by atoms with Gasteiger partial charge in [0.15, 0.2) is 11.6 Å². The summed E-state index contributed by atoms with van der Waals surface area (Å²) in [4.78, 5) is 13.0. The van der Waals surface area contributed by atoms with E-state index in [9.17, 15) is 0 Å². The van der Waals surface area contributed by atoms with E-state index in [4.69, 9.17) is 10.5 Å². The molecule has 0 atom stereocenters. The van der Waals surface area contributed by atoms with Gasteiger partial charge in [0.1, 0.15) is 18.1 Å². The fourth-order valence-corrected chi connectivity index (χ4v) is 1.85. The Labute approximate surface area is 112 Å². The van der Waals surface area contributed by atoms with E-state index < -0.39 is 0 Å². The van der Waals surface area contributed by atoms with Crippen LogP contribution < -0.4 is 5.73 Å². The number of aryl methyl sites for hydroxylation is 1. The summed E-state index contributed by atoms with van der Waals surface area (Å²) in [7, 11) is 0. The zero-order valence-electron chi connectivity index (χ0n) is 11.3. The Hall–Kier alpha value is -1.95. The van der Waals surface area contributed by atoms with Gasteiger partial charge in [0.05, 0.1) is 0 Å². The highest BCUT2D eigenvalue weighted by Gasteiger charge is 2.10. The van der Waals surface area contributed by atoms with Gasteiger partial charge >= 0.3 is 0 Å². The molecule has 0 aliphatic carbocycles. The molecule has 6 heteroatoms. The summed E-state index contributed by atoms with van der Waals surface area (Å²) in [6, 6.07) is 1.74. The summed E-state index contributed by atoms with van der Waals surface area (Å²) in [5.74, 6) is 1.84. The van der Waals surface area contributed by atoms with Crippen molar-refractivity contribution in [2.75, 3.05) is 12.3 Å². The third-order valence-corrected chi connectivity index (χ3v) is 2.64. The number of aromatic nitrogens is 4. The summed E-state index contributed by atoms with van der Waals surface area (Å²) in [6.45, 7) is 5.95. The molecule has 2 aromatic rings. The maximum atomic E-state index is 5.82. The van der Waals surface area contributed by atoms with Gasteiger partial charge in [0.25, 0.3) is 0 Å². The Balaban J connectivity index is 2.32. The lowest BCUT2D eigenvalue weighted by molar-refractivity contribution is 0.128. The molecular weight excluding hydrogens is 242 g/mol. The molecule has 0 saturated heterocycles. The van der Waals surface area contributed by atoms with Gasteiger partial charge in [-0.2, -0.15) is 0 Å². The van der Waals surface area contributed by atoms with Crippen LogP contribution in [0, 0.1) is 0 Å². The van der Waals surface area contributed by atoms with Crippen LogP contribution in [0.3, 0.4) is 0 Å². The lowest BCUT2D eigenvalue weighted by atomic mass is 10.3. The standard InChI is InChI=1S/C13H19N5O/c1-3-6-18-7-5-15-13(18)10-8-11(14)17-12(16-10)9-19-4-2/h5,7-8H,3-4,6,9H2,1-2H3,(H2,14,16,17). The zero-order valence-corrected chi connectivity index (χ0v) is 11.3. The van der Waals surface area contributed by atoms with Gasteiger partial charge in [-0.1, -0.05) is 6.92 Å². The number of anilines is 1. The number of ether oxygens (including phenoxy) is 1. The van der Waals surface area contributed by atoms with E-state index in [-0.39, 0.29) is 0 Å². The molecule has 0 unspecified atom stereocenters.